The first kappa shape index (κ1) is 15.0. The van der Waals surface area contributed by atoms with Crippen LogP contribution in [-0.2, 0) is 17.6 Å². The fraction of sp³-hybridized carbons (Fsp3) is 0.818. The van der Waals surface area contributed by atoms with E-state index in [4.69, 9.17) is 9.15 Å². The summed E-state index contributed by atoms with van der Waals surface area (Å²) in [5.74, 6) is 0.968. The number of nitrogens with one attached hydrogen (secondary N) is 1. The van der Waals surface area contributed by atoms with Crippen molar-refractivity contribution in [3.63, 3.8) is 0 Å². The highest BCUT2D eigenvalue weighted by atomic mass is 19.3. The number of ether oxygens (including phenoxy) is 1. The molecule has 0 atom stereocenters. The van der Waals surface area contributed by atoms with Gasteiger partial charge in [-0.3, -0.25) is 0 Å². The van der Waals surface area contributed by atoms with Gasteiger partial charge >= 0.3 is 0 Å². The Morgan fingerprint density at radius 3 is 2.50 bits per heavy atom. The molecule has 0 fully saturated rings. The fourth-order valence-corrected chi connectivity index (χ4v) is 1.29. The van der Waals surface area contributed by atoms with E-state index < -0.39 is 13.0 Å². The van der Waals surface area contributed by atoms with Crippen molar-refractivity contribution >= 4 is 0 Å². The van der Waals surface area contributed by atoms with Gasteiger partial charge in [0.1, 0.15) is 6.61 Å². The third-order valence-electron chi connectivity index (χ3n) is 2.10. The van der Waals surface area contributed by atoms with Crippen molar-refractivity contribution in [2.45, 2.75) is 39.2 Å². The molecule has 1 N–H and O–H groups in total. The van der Waals surface area contributed by atoms with Crippen LogP contribution in [0.5, 0.6) is 0 Å². The van der Waals surface area contributed by atoms with E-state index in [1.807, 2.05) is 0 Å². The lowest BCUT2D eigenvalue weighted by Crippen LogP contribution is -2.25. The van der Waals surface area contributed by atoms with E-state index in [9.17, 15) is 8.78 Å². The summed E-state index contributed by atoms with van der Waals surface area (Å²) in [6, 6.07) is 0.412. The van der Waals surface area contributed by atoms with E-state index in [2.05, 4.69) is 29.4 Å². The zero-order valence-electron chi connectivity index (χ0n) is 10.7. The van der Waals surface area contributed by atoms with Crippen molar-refractivity contribution in [3.05, 3.63) is 11.8 Å². The van der Waals surface area contributed by atoms with E-state index in [1.54, 1.807) is 0 Å². The summed E-state index contributed by atoms with van der Waals surface area (Å²) >= 11 is 0. The number of nitrogens with zero attached hydrogens (tertiary/aromatic N) is 2. The normalized spacial score (nSPS) is 11.7. The number of halogens is 2. The molecule has 0 aliphatic carbocycles. The van der Waals surface area contributed by atoms with Gasteiger partial charge in [0.05, 0.1) is 6.61 Å². The van der Waals surface area contributed by atoms with Crippen molar-refractivity contribution in [1.82, 2.24) is 15.5 Å². The summed E-state index contributed by atoms with van der Waals surface area (Å²) in [5.41, 5.74) is 0. The molecule has 1 aromatic rings. The summed E-state index contributed by atoms with van der Waals surface area (Å²) in [6.07, 6.45) is -1.43. The van der Waals surface area contributed by atoms with Crippen LogP contribution in [0.4, 0.5) is 8.78 Å². The van der Waals surface area contributed by atoms with E-state index in [-0.39, 0.29) is 6.61 Å². The molecule has 18 heavy (non-hydrogen) atoms. The maximum atomic E-state index is 11.8. The van der Waals surface area contributed by atoms with Crippen molar-refractivity contribution in [1.29, 1.82) is 0 Å². The fourth-order valence-electron chi connectivity index (χ4n) is 1.29. The molecule has 1 rings (SSSR count). The Kier molecular flexibility index (Phi) is 6.74. The van der Waals surface area contributed by atoms with Crippen LogP contribution < -0.4 is 5.32 Å². The molecule has 0 unspecified atom stereocenters. The zero-order chi connectivity index (χ0) is 13.4. The van der Waals surface area contributed by atoms with Crippen LogP contribution in [0.1, 0.15) is 25.6 Å². The Morgan fingerprint density at radius 2 is 1.89 bits per heavy atom. The number of hydrogen-bond acceptors (Lipinski definition) is 5. The lowest BCUT2D eigenvalue weighted by molar-refractivity contribution is 0.0173. The summed E-state index contributed by atoms with van der Waals surface area (Å²) in [5, 5.41) is 10.9. The van der Waals surface area contributed by atoms with Gasteiger partial charge in [-0.05, 0) is 0 Å². The van der Waals surface area contributed by atoms with Crippen LogP contribution in [0.25, 0.3) is 0 Å². The van der Waals surface area contributed by atoms with Crippen molar-refractivity contribution in [2.24, 2.45) is 0 Å². The molecule has 104 valence electrons. The van der Waals surface area contributed by atoms with E-state index in [0.717, 1.165) is 6.54 Å². The van der Waals surface area contributed by atoms with Crippen LogP contribution in [0, 0.1) is 0 Å². The molecular weight excluding hydrogens is 244 g/mol. The number of rotatable bonds is 9. The SMILES string of the molecule is CC(C)NCCc1nnc(CCOCC(F)F)o1. The van der Waals surface area contributed by atoms with Gasteiger partial charge in [0.25, 0.3) is 6.43 Å². The lowest BCUT2D eigenvalue weighted by atomic mass is 10.3. The molecule has 0 saturated carbocycles. The van der Waals surface area contributed by atoms with Gasteiger partial charge in [0.2, 0.25) is 11.8 Å². The summed E-state index contributed by atoms with van der Waals surface area (Å²) in [6.45, 7) is 4.48. The van der Waals surface area contributed by atoms with Crippen LogP contribution in [0.3, 0.4) is 0 Å². The van der Waals surface area contributed by atoms with E-state index in [0.29, 0.717) is 30.7 Å². The number of alkyl halides is 2. The minimum atomic E-state index is -2.44. The highest BCUT2D eigenvalue weighted by molar-refractivity contribution is 4.83. The second kappa shape index (κ2) is 8.10. The molecule has 5 nitrogen and oxygen atoms in total. The van der Waals surface area contributed by atoms with Crippen LogP contribution >= 0.6 is 0 Å². The Bertz CT molecular complexity index is 332. The third kappa shape index (κ3) is 6.61. The van der Waals surface area contributed by atoms with Gasteiger partial charge < -0.3 is 14.5 Å². The molecule has 0 bridgehead atoms. The molecule has 7 heteroatoms. The average molecular weight is 263 g/mol. The second-order valence-electron chi connectivity index (χ2n) is 4.16. The van der Waals surface area contributed by atoms with Crippen LogP contribution in [-0.4, -0.2) is 42.4 Å². The first-order valence-corrected chi connectivity index (χ1v) is 5.98. The second-order valence-corrected chi connectivity index (χ2v) is 4.16. The summed E-state index contributed by atoms with van der Waals surface area (Å²) in [7, 11) is 0. The van der Waals surface area contributed by atoms with Gasteiger partial charge in [0.15, 0.2) is 0 Å². The zero-order valence-corrected chi connectivity index (χ0v) is 10.7. The maximum Gasteiger partial charge on any atom is 0.261 e. The maximum absolute atomic E-state index is 11.8. The minimum absolute atomic E-state index is 0.163. The molecule has 0 spiro atoms. The van der Waals surface area contributed by atoms with E-state index in [1.165, 1.54) is 0 Å². The number of aromatic nitrogens is 2. The Labute approximate surface area is 105 Å². The Balaban J connectivity index is 2.17. The van der Waals surface area contributed by atoms with Gasteiger partial charge in [0, 0.05) is 25.4 Å². The lowest BCUT2D eigenvalue weighted by Gasteiger charge is -2.04. The van der Waals surface area contributed by atoms with Crippen LogP contribution in [0.2, 0.25) is 0 Å². The minimum Gasteiger partial charge on any atom is -0.425 e. The summed E-state index contributed by atoms with van der Waals surface area (Å²) in [4.78, 5) is 0. The predicted molar refractivity (Wildman–Crippen MR) is 61.7 cm³/mol. The molecule has 0 saturated heterocycles. The van der Waals surface area contributed by atoms with Crippen molar-refractivity contribution in [3.8, 4) is 0 Å². The topological polar surface area (TPSA) is 60.2 Å². The van der Waals surface area contributed by atoms with Gasteiger partial charge in [-0.15, -0.1) is 10.2 Å². The van der Waals surface area contributed by atoms with Crippen molar-refractivity contribution in [2.75, 3.05) is 19.8 Å². The summed E-state index contributed by atoms with van der Waals surface area (Å²) < 4.78 is 33.6. The molecule has 0 amide bonds. The van der Waals surface area contributed by atoms with Crippen molar-refractivity contribution < 1.29 is 17.9 Å². The first-order chi connectivity index (χ1) is 8.58. The monoisotopic (exact) mass is 263 g/mol. The quantitative estimate of drug-likeness (QED) is 0.683. The Hall–Kier alpha value is -1.08. The van der Waals surface area contributed by atoms with E-state index >= 15 is 0 Å². The predicted octanol–water partition coefficient (Wildman–Crippen LogP) is 1.43. The molecule has 1 aromatic heterocycles. The molecule has 0 aliphatic heterocycles. The van der Waals surface area contributed by atoms with Gasteiger partial charge in [-0.2, -0.15) is 0 Å². The smallest absolute Gasteiger partial charge is 0.261 e. The van der Waals surface area contributed by atoms with Gasteiger partial charge in [-0.1, -0.05) is 13.8 Å². The van der Waals surface area contributed by atoms with Crippen LogP contribution in [0.15, 0.2) is 4.42 Å². The standard InChI is InChI=1S/C11H19F2N3O2/c1-8(2)14-5-3-10-15-16-11(18-10)4-6-17-7-9(12)13/h8-9,14H,3-7H2,1-2H3. The molecule has 0 aromatic carbocycles. The number of hydrogen-bond donors (Lipinski definition) is 1. The molecule has 1 heterocycles. The highest BCUT2D eigenvalue weighted by Crippen LogP contribution is 2.02. The molecular formula is C11H19F2N3O2. The third-order valence-corrected chi connectivity index (χ3v) is 2.10. The molecule has 0 aliphatic rings. The Morgan fingerprint density at radius 1 is 1.22 bits per heavy atom. The largest absolute Gasteiger partial charge is 0.425 e. The van der Waals surface area contributed by atoms with Gasteiger partial charge in [-0.25, -0.2) is 8.78 Å². The first-order valence-electron chi connectivity index (χ1n) is 5.98. The molecule has 0 radical (unpaired) electrons. The highest BCUT2D eigenvalue weighted by Gasteiger charge is 2.07. The average Bonchev–Trinajstić information content (AvgIpc) is 2.72.